The molecule has 3 amide bonds. The Labute approximate surface area is 205 Å². The number of halogens is 1. The molecule has 0 saturated carbocycles. The zero-order valence-electron chi connectivity index (χ0n) is 18.3. The van der Waals surface area contributed by atoms with Gasteiger partial charge < -0.3 is 19.5 Å². The summed E-state index contributed by atoms with van der Waals surface area (Å²) in [6.45, 7) is -0.524. The molecule has 1 aliphatic rings. The van der Waals surface area contributed by atoms with Crippen molar-refractivity contribution in [2.75, 3.05) is 33.9 Å². The van der Waals surface area contributed by atoms with Gasteiger partial charge in [0.1, 0.15) is 0 Å². The van der Waals surface area contributed by atoms with Crippen LogP contribution in [0.5, 0.6) is 11.5 Å². The Morgan fingerprint density at radius 2 is 1.85 bits per heavy atom. The van der Waals surface area contributed by atoms with Gasteiger partial charge in [-0.15, -0.1) is 0 Å². The summed E-state index contributed by atoms with van der Waals surface area (Å²) in [6.07, 6.45) is 1.58. The number of esters is 1. The second kappa shape index (κ2) is 11.6. The molecule has 178 valence electrons. The molecule has 1 saturated heterocycles. The van der Waals surface area contributed by atoms with Gasteiger partial charge in [-0.1, -0.05) is 23.7 Å². The van der Waals surface area contributed by atoms with Gasteiger partial charge in [-0.25, -0.2) is 4.79 Å². The molecule has 1 heterocycles. The van der Waals surface area contributed by atoms with Crippen molar-refractivity contribution in [3.8, 4) is 11.5 Å². The lowest BCUT2D eigenvalue weighted by Gasteiger charge is -2.13. The van der Waals surface area contributed by atoms with Crippen LogP contribution in [0.4, 0.5) is 4.79 Å². The summed E-state index contributed by atoms with van der Waals surface area (Å²) in [7, 11) is 3.02. The molecule has 0 aliphatic carbocycles. The first-order valence-electron chi connectivity index (χ1n) is 9.99. The van der Waals surface area contributed by atoms with Crippen LogP contribution in [0.3, 0.4) is 0 Å². The molecule has 0 spiro atoms. The van der Waals surface area contributed by atoms with E-state index in [9.17, 15) is 19.2 Å². The van der Waals surface area contributed by atoms with Gasteiger partial charge in [-0.3, -0.25) is 19.3 Å². The molecular weight excluding hydrogens is 484 g/mol. The van der Waals surface area contributed by atoms with E-state index in [1.807, 2.05) is 0 Å². The van der Waals surface area contributed by atoms with E-state index in [2.05, 4.69) is 5.32 Å². The van der Waals surface area contributed by atoms with E-state index in [1.165, 1.54) is 26.4 Å². The van der Waals surface area contributed by atoms with Crippen molar-refractivity contribution in [1.29, 1.82) is 0 Å². The van der Waals surface area contributed by atoms with Gasteiger partial charge >= 0.3 is 5.97 Å². The quantitative estimate of drug-likeness (QED) is 0.409. The van der Waals surface area contributed by atoms with Gasteiger partial charge in [-0.2, -0.15) is 0 Å². The molecule has 1 fully saturated rings. The number of nitrogens with zero attached hydrogens (tertiary/aromatic N) is 1. The Kier molecular flexibility index (Phi) is 8.55. The molecule has 0 radical (unpaired) electrons. The molecule has 2 aromatic carbocycles. The summed E-state index contributed by atoms with van der Waals surface area (Å²) in [5.41, 5.74) is 0.886. The van der Waals surface area contributed by atoms with Gasteiger partial charge in [0.25, 0.3) is 17.1 Å². The van der Waals surface area contributed by atoms with Crippen molar-refractivity contribution in [3.05, 3.63) is 63.5 Å². The van der Waals surface area contributed by atoms with E-state index in [0.717, 1.165) is 16.7 Å². The van der Waals surface area contributed by atoms with Gasteiger partial charge in [0, 0.05) is 18.1 Å². The van der Waals surface area contributed by atoms with Crippen LogP contribution in [0.15, 0.2) is 47.4 Å². The van der Waals surface area contributed by atoms with Crippen molar-refractivity contribution in [1.82, 2.24) is 10.2 Å². The van der Waals surface area contributed by atoms with Crippen molar-refractivity contribution in [2.45, 2.75) is 0 Å². The molecule has 9 nitrogen and oxygen atoms in total. The van der Waals surface area contributed by atoms with Crippen LogP contribution in [-0.2, 0) is 14.3 Å². The highest BCUT2D eigenvalue weighted by Gasteiger charge is 2.34. The highest BCUT2D eigenvalue weighted by atomic mass is 35.5. The summed E-state index contributed by atoms with van der Waals surface area (Å²) < 4.78 is 15.4. The maximum absolute atomic E-state index is 12.6. The number of carbonyl (C=O) groups excluding carboxylic acids is 4. The van der Waals surface area contributed by atoms with Crippen LogP contribution in [0.1, 0.15) is 15.9 Å². The van der Waals surface area contributed by atoms with Crippen LogP contribution in [0.25, 0.3) is 6.08 Å². The Morgan fingerprint density at radius 1 is 1.09 bits per heavy atom. The van der Waals surface area contributed by atoms with E-state index in [0.29, 0.717) is 22.1 Å². The number of methoxy groups -OCH3 is 2. The van der Waals surface area contributed by atoms with E-state index < -0.39 is 29.6 Å². The number of carbonyl (C=O) groups is 4. The normalized spacial score (nSPS) is 14.3. The van der Waals surface area contributed by atoms with Crippen molar-refractivity contribution < 1.29 is 33.4 Å². The largest absolute Gasteiger partial charge is 0.493 e. The number of hydrogen-bond donors (Lipinski definition) is 1. The fourth-order valence-corrected chi connectivity index (χ4v) is 4.03. The first-order chi connectivity index (χ1) is 16.3. The van der Waals surface area contributed by atoms with E-state index >= 15 is 0 Å². The van der Waals surface area contributed by atoms with E-state index in [1.54, 1.807) is 36.4 Å². The van der Waals surface area contributed by atoms with Crippen molar-refractivity contribution >= 4 is 52.5 Å². The standard InChI is InChI=1S/C23H21ClN2O7S/c1-31-17-7-6-14(10-18(17)32-2)11-19-21(28)26(23(30)34-19)9-8-25-20(27)13-33-22(29)15-4-3-5-16(24)12-15/h3-7,10-12H,8-9,13H2,1-2H3,(H,25,27). The molecule has 0 aromatic heterocycles. The second-order valence-corrected chi connectivity index (χ2v) is 8.31. The minimum Gasteiger partial charge on any atom is -0.493 e. The zero-order valence-corrected chi connectivity index (χ0v) is 19.9. The fraction of sp³-hybridized carbons (Fsp3) is 0.217. The van der Waals surface area contributed by atoms with Crippen LogP contribution in [-0.4, -0.2) is 61.8 Å². The predicted molar refractivity (Wildman–Crippen MR) is 127 cm³/mol. The van der Waals surface area contributed by atoms with Gasteiger partial charge in [-0.05, 0) is 53.7 Å². The number of rotatable bonds is 9. The lowest BCUT2D eigenvalue weighted by Crippen LogP contribution is -2.38. The average Bonchev–Trinajstić information content (AvgIpc) is 3.09. The van der Waals surface area contributed by atoms with Crippen molar-refractivity contribution in [2.24, 2.45) is 0 Å². The molecule has 1 aliphatic heterocycles. The highest BCUT2D eigenvalue weighted by molar-refractivity contribution is 8.18. The van der Waals surface area contributed by atoms with E-state index in [-0.39, 0.29) is 23.6 Å². The number of nitrogens with one attached hydrogen (secondary N) is 1. The molecule has 3 rings (SSSR count). The van der Waals surface area contributed by atoms with Crippen molar-refractivity contribution in [3.63, 3.8) is 0 Å². The van der Waals surface area contributed by atoms with Crippen LogP contribution < -0.4 is 14.8 Å². The lowest BCUT2D eigenvalue weighted by atomic mass is 10.2. The molecule has 2 aromatic rings. The second-order valence-electron chi connectivity index (χ2n) is 6.88. The van der Waals surface area contributed by atoms with Crippen LogP contribution >= 0.6 is 23.4 Å². The summed E-state index contributed by atoms with van der Waals surface area (Å²) >= 11 is 6.63. The number of amides is 3. The first-order valence-corrected chi connectivity index (χ1v) is 11.2. The third-order valence-corrected chi connectivity index (χ3v) is 5.77. The molecular formula is C23H21ClN2O7S. The average molecular weight is 505 g/mol. The van der Waals surface area contributed by atoms with Crippen LogP contribution in [0.2, 0.25) is 5.02 Å². The third kappa shape index (κ3) is 6.30. The number of thioether (sulfide) groups is 1. The number of benzene rings is 2. The summed E-state index contributed by atoms with van der Waals surface area (Å²) in [5.74, 6) is -0.686. The minimum absolute atomic E-state index is 0.00915. The third-order valence-electron chi connectivity index (χ3n) is 4.63. The zero-order chi connectivity index (χ0) is 24.7. The molecule has 1 N–H and O–H groups in total. The Balaban J connectivity index is 1.50. The molecule has 11 heteroatoms. The fourth-order valence-electron chi connectivity index (χ4n) is 2.97. The highest BCUT2D eigenvalue weighted by Crippen LogP contribution is 2.34. The number of hydrogen-bond acceptors (Lipinski definition) is 8. The number of imide groups is 1. The number of ether oxygens (including phenoxy) is 3. The summed E-state index contributed by atoms with van der Waals surface area (Å²) in [6, 6.07) is 11.3. The molecule has 0 atom stereocenters. The summed E-state index contributed by atoms with van der Waals surface area (Å²) in [4.78, 5) is 50.1. The van der Waals surface area contributed by atoms with Gasteiger partial charge in [0.05, 0.1) is 24.7 Å². The van der Waals surface area contributed by atoms with Gasteiger partial charge in [0.15, 0.2) is 18.1 Å². The minimum atomic E-state index is -0.691. The Hall–Kier alpha value is -3.50. The maximum atomic E-state index is 12.6. The molecule has 0 bridgehead atoms. The smallest absolute Gasteiger partial charge is 0.338 e. The topological polar surface area (TPSA) is 111 Å². The predicted octanol–water partition coefficient (Wildman–Crippen LogP) is 3.37. The van der Waals surface area contributed by atoms with Crippen LogP contribution in [0, 0.1) is 0 Å². The summed E-state index contributed by atoms with van der Waals surface area (Å²) in [5, 5.41) is 2.44. The molecule has 34 heavy (non-hydrogen) atoms. The Morgan fingerprint density at radius 3 is 2.56 bits per heavy atom. The lowest BCUT2D eigenvalue weighted by molar-refractivity contribution is -0.125. The van der Waals surface area contributed by atoms with Gasteiger partial charge in [0.2, 0.25) is 0 Å². The Bertz CT molecular complexity index is 1150. The maximum Gasteiger partial charge on any atom is 0.338 e. The monoisotopic (exact) mass is 504 g/mol. The molecule has 0 unspecified atom stereocenters. The first kappa shape index (κ1) is 25.1. The SMILES string of the molecule is COc1ccc(C=C2SC(=O)N(CCNC(=O)COC(=O)c3cccc(Cl)c3)C2=O)cc1OC. The van der Waals surface area contributed by atoms with E-state index in [4.69, 9.17) is 25.8 Å².